The summed E-state index contributed by atoms with van der Waals surface area (Å²) < 4.78 is 27.1. The summed E-state index contributed by atoms with van der Waals surface area (Å²) in [4.78, 5) is 11.9. The van der Waals surface area contributed by atoms with E-state index >= 15 is 0 Å². The van der Waals surface area contributed by atoms with Gasteiger partial charge in [0.25, 0.3) is 5.91 Å². The number of hydrogen-bond donors (Lipinski definition) is 2. The van der Waals surface area contributed by atoms with Crippen molar-refractivity contribution in [1.29, 1.82) is 5.26 Å². The Morgan fingerprint density at radius 1 is 1.27 bits per heavy atom. The van der Waals surface area contributed by atoms with Crippen molar-refractivity contribution in [2.75, 3.05) is 5.32 Å². The summed E-state index contributed by atoms with van der Waals surface area (Å²) in [5.74, 6) is -0.618. The van der Waals surface area contributed by atoms with E-state index in [1.54, 1.807) is 12.1 Å². The number of anilines is 1. The van der Waals surface area contributed by atoms with Crippen LogP contribution in [0.4, 0.5) is 5.69 Å². The molecule has 112 valence electrons. The molecule has 3 N–H and O–H groups in total. The number of carbonyl (C=O) groups is 1. The van der Waals surface area contributed by atoms with Crippen LogP contribution in [0.3, 0.4) is 0 Å². The maximum atomic E-state index is 12.0. The van der Waals surface area contributed by atoms with Gasteiger partial charge in [-0.3, -0.25) is 4.79 Å². The van der Waals surface area contributed by atoms with Gasteiger partial charge in [0.15, 0.2) is 0 Å². The van der Waals surface area contributed by atoms with E-state index in [1.807, 2.05) is 0 Å². The molecular formula is C14H11N3O4S. The van der Waals surface area contributed by atoms with Gasteiger partial charge >= 0.3 is 0 Å². The Kier molecular flexibility index (Phi) is 4.41. The van der Waals surface area contributed by atoms with Crippen LogP contribution in [0, 0.1) is 11.3 Å². The van der Waals surface area contributed by atoms with E-state index < -0.39 is 15.9 Å². The molecule has 0 saturated carbocycles. The number of nitriles is 1. The lowest BCUT2D eigenvalue weighted by Gasteiger charge is -2.05. The molecular weight excluding hydrogens is 306 g/mol. The van der Waals surface area contributed by atoms with Gasteiger partial charge in [-0.1, -0.05) is 0 Å². The third kappa shape index (κ3) is 3.82. The highest BCUT2D eigenvalue weighted by molar-refractivity contribution is 7.89. The van der Waals surface area contributed by atoms with Crippen molar-refractivity contribution in [1.82, 2.24) is 0 Å². The van der Waals surface area contributed by atoms with Crippen molar-refractivity contribution in [2.24, 2.45) is 5.14 Å². The molecule has 0 spiro atoms. The minimum Gasteiger partial charge on any atom is -0.472 e. The van der Waals surface area contributed by atoms with Crippen LogP contribution in [0.2, 0.25) is 0 Å². The van der Waals surface area contributed by atoms with Gasteiger partial charge in [0.1, 0.15) is 11.6 Å². The number of nitrogens with two attached hydrogens (primary N) is 1. The fraction of sp³-hybridized carbons (Fsp3) is 0. The summed E-state index contributed by atoms with van der Waals surface area (Å²) in [6, 6.07) is 8.67. The molecule has 7 nitrogen and oxygen atoms in total. The first-order valence-corrected chi connectivity index (χ1v) is 7.53. The predicted octanol–water partition coefficient (Wildman–Crippen LogP) is 1.47. The Hall–Kier alpha value is -2.89. The molecule has 2 rings (SSSR count). The number of sulfonamides is 1. The average molecular weight is 317 g/mol. The average Bonchev–Trinajstić information content (AvgIpc) is 2.97. The van der Waals surface area contributed by atoms with Crippen molar-refractivity contribution in [3.63, 3.8) is 0 Å². The first-order chi connectivity index (χ1) is 10.4. The third-order valence-electron chi connectivity index (χ3n) is 2.66. The number of hydrogen-bond acceptors (Lipinski definition) is 5. The summed E-state index contributed by atoms with van der Waals surface area (Å²) in [6.07, 6.45) is 4.19. The van der Waals surface area contributed by atoms with Crippen molar-refractivity contribution in [2.45, 2.75) is 4.90 Å². The third-order valence-corrected chi connectivity index (χ3v) is 3.59. The van der Waals surface area contributed by atoms with Crippen LogP contribution in [0.1, 0.15) is 5.56 Å². The zero-order chi connectivity index (χ0) is 16.2. The predicted molar refractivity (Wildman–Crippen MR) is 78.7 cm³/mol. The van der Waals surface area contributed by atoms with E-state index in [2.05, 4.69) is 5.32 Å². The first kappa shape index (κ1) is 15.5. The minimum atomic E-state index is -3.79. The number of primary sulfonamides is 1. The van der Waals surface area contributed by atoms with Crippen molar-refractivity contribution in [3.8, 4) is 6.07 Å². The van der Waals surface area contributed by atoms with Crippen LogP contribution in [-0.2, 0) is 14.8 Å². The molecule has 0 bridgehead atoms. The molecule has 0 radical (unpaired) electrons. The molecule has 0 saturated heterocycles. The van der Waals surface area contributed by atoms with Crippen LogP contribution in [-0.4, -0.2) is 14.3 Å². The highest BCUT2D eigenvalue weighted by atomic mass is 32.2. The van der Waals surface area contributed by atoms with E-state index in [0.717, 1.165) is 0 Å². The summed E-state index contributed by atoms with van der Waals surface area (Å²) in [5.41, 5.74) is 0.805. The quantitative estimate of drug-likeness (QED) is 0.652. The molecule has 1 aromatic heterocycles. The Morgan fingerprint density at radius 2 is 1.95 bits per heavy atom. The highest BCUT2D eigenvalue weighted by Gasteiger charge is 2.11. The lowest BCUT2D eigenvalue weighted by atomic mass is 10.2. The molecule has 8 heteroatoms. The molecule has 0 atom stereocenters. The topological polar surface area (TPSA) is 126 Å². The maximum absolute atomic E-state index is 12.0. The highest BCUT2D eigenvalue weighted by Crippen LogP contribution is 2.14. The molecule has 2 aromatic rings. The Balaban J connectivity index is 2.16. The monoisotopic (exact) mass is 317 g/mol. The summed E-state index contributed by atoms with van der Waals surface area (Å²) in [6.45, 7) is 0. The smallest absolute Gasteiger partial charge is 0.266 e. The lowest BCUT2D eigenvalue weighted by molar-refractivity contribution is -0.112. The van der Waals surface area contributed by atoms with Gasteiger partial charge in [-0.25, -0.2) is 13.6 Å². The molecule has 1 aromatic carbocycles. The molecule has 0 aliphatic carbocycles. The van der Waals surface area contributed by atoms with Gasteiger partial charge in [-0.2, -0.15) is 5.26 Å². The van der Waals surface area contributed by atoms with Gasteiger partial charge in [-0.15, -0.1) is 0 Å². The zero-order valence-corrected chi connectivity index (χ0v) is 12.0. The van der Waals surface area contributed by atoms with E-state index in [-0.39, 0.29) is 10.5 Å². The lowest BCUT2D eigenvalue weighted by Crippen LogP contribution is -2.14. The van der Waals surface area contributed by atoms with E-state index in [1.165, 1.54) is 42.9 Å². The first-order valence-electron chi connectivity index (χ1n) is 5.98. The van der Waals surface area contributed by atoms with Crippen molar-refractivity contribution >= 4 is 27.7 Å². The van der Waals surface area contributed by atoms with Gasteiger partial charge < -0.3 is 9.73 Å². The van der Waals surface area contributed by atoms with Crippen LogP contribution in [0.5, 0.6) is 0 Å². The standard InChI is InChI=1S/C14H11N3O4S/c15-8-11(7-10-5-6-21-9-10)14(18)17-12-1-3-13(4-2-12)22(16,19)20/h1-7,9H,(H,17,18)(H2,16,19,20). The van der Waals surface area contributed by atoms with Crippen molar-refractivity contribution < 1.29 is 17.6 Å². The fourth-order valence-electron chi connectivity index (χ4n) is 1.60. The number of furan rings is 1. The SMILES string of the molecule is N#CC(=Cc1ccoc1)C(=O)Nc1ccc(S(N)(=O)=O)cc1. The minimum absolute atomic E-state index is 0.0695. The summed E-state index contributed by atoms with van der Waals surface area (Å²) in [5, 5.41) is 16.5. The summed E-state index contributed by atoms with van der Waals surface area (Å²) in [7, 11) is -3.79. The normalized spacial score (nSPS) is 11.7. The number of carbonyl (C=O) groups excluding carboxylic acids is 1. The second-order valence-corrected chi connectivity index (χ2v) is 5.81. The maximum Gasteiger partial charge on any atom is 0.266 e. The Labute approximate surface area is 126 Å². The van der Waals surface area contributed by atoms with E-state index in [9.17, 15) is 13.2 Å². The van der Waals surface area contributed by atoms with E-state index in [4.69, 9.17) is 14.8 Å². The van der Waals surface area contributed by atoms with Gasteiger partial charge in [-0.05, 0) is 36.4 Å². The van der Waals surface area contributed by atoms with Gasteiger partial charge in [0, 0.05) is 11.3 Å². The molecule has 0 unspecified atom stereocenters. The van der Waals surface area contributed by atoms with Crippen LogP contribution in [0.15, 0.2) is 57.7 Å². The van der Waals surface area contributed by atoms with Crippen LogP contribution in [0.25, 0.3) is 6.08 Å². The molecule has 1 heterocycles. The van der Waals surface area contributed by atoms with Crippen LogP contribution >= 0.6 is 0 Å². The number of rotatable bonds is 4. The number of benzene rings is 1. The molecule has 0 aliphatic rings. The Bertz CT molecular complexity index is 844. The van der Waals surface area contributed by atoms with Gasteiger partial charge in [0.05, 0.1) is 17.4 Å². The molecule has 22 heavy (non-hydrogen) atoms. The second-order valence-electron chi connectivity index (χ2n) is 4.25. The number of nitrogens with one attached hydrogen (secondary N) is 1. The molecule has 1 amide bonds. The number of amides is 1. The molecule has 0 fully saturated rings. The Morgan fingerprint density at radius 3 is 2.45 bits per heavy atom. The molecule has 0 aliphatic heterocycles. The van der Waals surface area contributed by atoms with Gasteiger partial charge in [0.2, 0.25) is 10.0 Å². The largest absolute Gasteiger partial charge is 0.472 e. The zero-order valence-electron chi connectivity index (χ0n) is 11.2. The number of nitrogens with zero attached hydrogens (tertiary/aromatic N) is 1. The van der Waals surface area contributed by atoms with Crippen LogP contribution < -0.4 is 10.5 Å². The van der Waals surface area contributed by atoms with E-state index in [0.29, 0.717) is 11.3 Å². The summed E-state index contributed by atoms with van der Waals surface area (Å²) >= 11 is 0. The second kappa shape index (κ2) is 6.26. The van der Waals surface area contributed by atoms with Crippen molar-refractivity contribution in [3.05, 3.63) is 54.0 Å². The fourth-order valence-corrected chi connectivity index (χ4v) is 2.11.